The van der Waals surface area contributed by atoms with Gasteiger partial charge in [-0.2, -0.15) is 0 Å². The van der Waals surface area contributed by atoms with Crippen molar-refractivity contribution in [1.82, 2.24) is 10.2 Å². The highest BCUT2D eigenvalue weighted by molar-refractivity contribution is 7.92. The van der Waals surface area contributed by atoms with Crippen LogP contribution in [0.25, 0.3) is 0 Å². The van der Waals surface area contributed by atoms with Gasteiger partial charge in [-0.05, 0) is 48.6 Å². The zero-order chi connectivity index (χ0) is 31.0. The van der Waals surface area contributed by atoms with Gasteiger partial charge in [-0.3, -0.25) is 13.9 Å². The van der Waals surface area contributed by atoms with Crippen molar-refractivity contribution in [1.29, 1.82) is 0 Å². The largest absolute Gasteiger partial charge is 0.352 e. The normalized spacial score (nSPS) is 14.6. The number of carbonyl (C=O) groups is 2. The van der Waals surface area contributed by atoms with Crippen molar-refractivity contribution in [3.63, 3.8) is 0 Å². The van der Waals surface area contributed by atoms with E-state index in [0.717, 1.165) is 53.8 Å². The minimum absolute atomic E-state index is 0.0179. The van der Waals surface area contributed by atoms with E-state index < -0.39 is 28.5 Å². The Morgan fingerprint density at radius 2 is 1.53 bits per heavy atom. The van der Waals surface area contributed by atoms with Crippen LogP contribution < -0.4 is 9.62 Å². The molecule has 10 heteroatoms. The quantitative estimate of drug-likeness (QED) is 0.247. The molecule has 7 nitrogen and oxygen atoms in total. The fourth-order valence-electron chi connectivity index (χ4n) is 5.60. The van der Waals surface area contributed by atoms with Gasteiger partial charge in [0, 0.05) is 34.6 Å². The van der Waals surface area contributed by atoms with Gasteiger partial charge in [-0.15, -0.1) is 0 Å². The summed E-state index contributed by atoms with van der Waals surface area (Å²) in [6.07, 6.45) is 6.86. The number of sulfonamides is 1. The third-order valence-corrected chi connectivity index (χ3v) is 9.77. The summed E-state index contributed by atoms with van der Waals surface area (Å²) in [6.45, 7) is 1.37. The number of benzene rings is 3. The van der Waals surface area contributed by atoms with E-state index in [1.165, 1.54) is 4.90 Å². The fraction of sp³-hybridized carbons (Fsp3) is 0.394. The molecule has 1 atom stereocenters. The Labute approximate surface area is 265 Å². The van der Waals surface area contributed by atoms with E-state index in [1.54, 1.807) is 30.3 Å². The molecule has 4 rings (SSSR count). The van der Waals surface area contributed by atoms with Crippen molar-refractivity contribution >= 4 is 50.7 Å². The van der Waals surface area contributed by atoms with Crippen molar-refractivity contribution in [2.45, 2.75) is 70.5 Å². The van der Waals surface area contributed by atoms with Crippen LogP contribution in [0.5, 0.6) is 0 Å². The average molecular weight is 645 g/mol. The summed E-state index contributed by atoms with van der Waals surface area (Å²) in [7, 11) is -3.86. The van der Waals surface area contributed by atoms with Crippen LogP contribution in [0.3, 0.4) is 0 Å². The van der Waals surface area contributed by atoms with Crippen molar-refractivity contribution in [3.05, 3.63) is 99.5 Å². The first-order valence-electron chi connectivity index (χ1n) is 14.7. The molecular formula is C33H39Cl2N3O4S. The smallest absolute Gasteiger partial charge is 0.244 e. The fourth-order valence-corrected chi connectivity index (χ4v) is 7.00. The number of hydrogen-bond acceptors (Lipinski definition) is 4. The second-order valence-corrected chi connectivity index (χ2v) is 13.7. The average Bonchev–Trinajstić information content (AvgIpc) is 2.99. The molecule has 0 saturated heterocycles. The van der Waals surface area contributed by atoms with Crippen LogP contribution in [-0.4, -0.2) is 50.0 Å². The third-order valence-electron chi connectivity index (χ3n) is 7.93. The number of anilines is 1. The lowest BCUT2D eigenvalue weighted by Gasteiger charge is -2.35. The van der Waals surface area contributed by atoms with Crippen LogP contribution in [0.2, 0.25) is 10.0 Å². The number of rotatable bonds is 12. The molecule has 3 aromatic rings. The number of halogens is 2. The molecule has 43 heavy (non-hydrogen) atoms. The van der Waals surface area contributed by atoms with Gasteiger partial charge in [0.15, 0.2) is 0 Å². The maximum absolute atomic E-state index is 14.4. The molecule has 1 aliphatic carbocycles. The molecule has 1 N–H and O–H groups in total. The highest BCUT2D eigenvalue weighted by Gasteiger charge is 2.35. The minimum atomic E-state index is -3.86. The monoisotopic (exact) mass is 643 g/mol. The van der Waals surface area contributed by atoms with Crippen molar-refractivity contribution in [2.75, 3.05) is 17.1 Å². The van der Waals surface area contributed by atoms with E-state index in [9.17, 15) is 18.0 Å². The van der Waals surface area contributed by atoms with Crippen LogP contribution in [-0.2, 0) is 39.0 Å². The lowest BCUT2D eigenvalue weighted by molar-refractivity contribution is -0.140. The SMILES string of the molecule is CCc1ccccc1N(CC(=O)N(Cc1c(Cl)cccc1Cl)[C@@H](Cc1ccccc1)C(=O)NC1CCCCC1)S(C)(=O)=O. The number of carbonyl (C=O) groups excluding carboxylic acids is 2. The molecule has 1 aliphatic rings. The van der Waals surface area contributed by atoms with Gasteiger partial charge < -0.3 is 10.2 Å². The highest BCUT2D eigenvalue weighted by atomic mass is 35.5. The molecule has 1 fully saturated rings. The predicted octanol–water partition coefficient (Wildman–Crippen LogP) is 6.41. The first kappa shape index (κ1) is 32.8. The summed E-state index contributed by atoms with van der Waals surface area (Å²) in [6, 6.07) is 20.7. The molecule has 0 bridgehead atoms. The van der Waals surface area contributed by atoms with E-state index in [-0.39, 0.29) is 24.9 Å². The Bertz CT molecular complexity index is 1490. The molecule has 0 radical (unpaired) electrons. The number of amides is 2. The Balaban J connectivity index is 1.77. The Morgan fingerprint density at radius 3 is 2.16 bits per heavy atom. The van der Waals surface area contributed by atoms with Gasteiger partial charge in [-0.1, -0.05) is 104 Å². The van der Waals surface area contributed by atoms with Crippen molar-refractivity contribution < 1.29 is 18.0 Å². The molecular weight excluding hydrogens is 605 g/mol. The zero-order valence-corrected chi connectivity index (χ0v) is 27.0. The number of hydrogen-bond donors (Lipinski definition) is 1. The highest BCUT2D eigenvalue weighted by Crippen LogP contribution is 2.29. The van der Waals surface area contributed by atoms with Crippen LogP contribution >= 0.6 is 23.2 Å². The van der Waals surface area contributed by atoms with E-state index in [1.807, 2.05) is 49.4 Å². The first-order valence-corrected chi connectivity index (χ1v) is 17.3. The molecule has 230 valence electrons. The molecule has 0 heterocycles. The Morgan fingerprint density at radius 1 is 0.907 bits per heavy atom. The molecule has 2 amide bonds. The molecule has 0 aliphatic heterocycles. The van der Waals surface area contributed by atoms with E-state index in [4.69, 9.17) is 23.2 Å². The number of nitrogens with zero attached hydrogens (tertiary/aromatic N) is 2. The predicted molar refractivity (Wildman–Crippen MR) is 174 cm³/mol. The van der Waals surface area contributed by atoms with Crippen LogP contribution in [0, 0.1) is 0 Å². The Kier molecular flexibility index (Phi) is 11.5. The van der Waals surface area contributed by atoms with Crippen molar-refractivity contribution in [3.8, 4) is 0 Å². The van der Waals surface area contributed by atoms with Crippen LogP contribution in [0.15, 0.2) is 72.8 Å². The van der Waals surface area contributed by atoms with E-state index in [0.29, 0.717) is 27.7 Å². The van der Waals surface area contributed by atoms with Gasteiger partial charge in [0.25, 0.3) is 0 Å². The summed E-state index contributed by atoms with van der Waals surface area (Å²) in [4.78, 5) is 29.9. The van der Waals surface area contributed by atoms with Gasteiger partial charge >= 0.3 is 0 Å². The molecule has 0 unspecified atom stereocenters. The van der Waals surface area contributed by atoms with Gasteiger partial charge in [0.2, 0.25) is 21.8 Å². The topological polar surface area (TPSA) is 86.8 Å². The van der Waals surface area contributed by atoms with Crippen LogP contribution in [0.4, 0.5) is 5.69 Å². The second kappa shape index (κ2) is 15.1. The van der Waals surface area contributed by atoms with Gasteiger partial charge in [-0.25, -0.2) is 8.42 Å². The van der Waals surface area contributed by atoms with Gasteiger partial charge in [0.1, 0.15) is 12.6 Å². The first-order chi connectivity index (χ1) is 20.6. The molecule has 0 spiro atoms. The lowest BCUT2D eigenvalue weighted by Crippen LogP contribution is -2.55. The standard InChI is InChI=1S/C33H39Cl2N3O4S/c1-3-25-15-10-11-20-30(25)38(43(2,41)42)23-32(39)37(22-27-28(34)18-12-19-29(27)35)31(21-24-13-6-4-7-14-24)33(40)36-26-16-8-5-9-17-26/h4,6-7,10-15,18-20,26,31H,3,5,8-9,16-17,21-23H2,1-2H3,(H,36,40)/t31-/m0/s1. The number of aryl methyl sites for hydroxylation is 1. The third kappa shape index (κ3) is 8.74. The number of para-hydroxylation sites is 1. The van der Waals surface area contributed by atoms with E-state index in [2.05, 4.69) is 5.32 Å². The van der Waals surface area contributed by atoms with Crippen LogP contribution in [0.1, 0.15) is 55.7 Å². The molecule has 0 aromatic heterocycles. The molecule has 1 saturated carbocycles. The summed E-state index contributed by atoms with van der Waals surface area (Å²) in [5.41, 5.74) is 2.58. The maximum atomic E-state index is 14.4. The Hall–Kier alpha value is -3.07. The lowest BCUT2D eigenvalue weighted by atomic mass is 9.94. The second-order valence-electron chi connectivity index (χ2n) is 11.0. The van der Waals surface area contributed by atoms with Crippen molar-refractivity contribution in [2.24, 2.45) is 0 Å². The van der Waals surface area contributed by atoms with Gasteiger partial charge in [0.05, 0.1) is 11.9 Å². The summed E-state index contributed by atoms with van der Waals surface area (Å²) in [5.74, 6) is -0.820. The molecule has 3 aromatic carbocycles. The van der Waals surface area contributed by atoms with E-state index >= 15 is 0 Å². The summed E-state index contributed by atoms with van der Waals surface area (Å²) < 4.78 is 27.4. The zero-order valence-electron chi connectivity index (χ0n) is 24.6. The summed E-state index contributed by atoms with van der Waals surface area (Å²) >= 11 is 13.1. The number of nitrogens with one attached hydrogen (secondary N) is 1. The minimum Gasteiger partial charge on any atom is -0.352 e. The maximum Gasteiger partial charge on any atom is 0.244 e. The summed E-state index contributed by atoms with van der Waals surface area (Å²) in [5, 5.41) is 3.90.